The third kappa shape index (κ3) is 16.2. The van der Waals surface area contributed by atoms with Gasteiger partial charge in [0.25, 0.3) is 0 Å². The molecule has 3 aliphatic carbocycles. The van der Waals surface area contributed by atoms with Crippen LogP contribution in [-0.4, -0.2) is 108 Å². The van der Waals surface area contributed by atoms with Crippen LogP contribution in [0.1, 0.15) is 103 Å². The number of alkyl halides is 9. The van der Waals surface area contributed by atoms with Crippen molar-refractivity contribution in [2.75, 3.05) is 74.2 Å². The van der Waals surface area contributed by atoms with E-state index in [9.17, 15) is 53.9 Å². The number of amides is 3. The van der Waals surface area contributed by atoms with Gasteiger partial charge in [0.2, 0.25) is 17.7 Å². The Morgan fingerprint density at radius 2 is 0.619 bits per heavy atom. The van der Waals surface area contributed by atoms with Gasteiger partial charge in [-0.25, -0.2) is 0 Å². The van der Waals surface area contributed by atoms with E-state index in [0.29, 0.717) is 34.8 Å². The van der Waals surface area contributed by atoms with E-state index in [2.05, 4.69) is 107 Å². The summed E-state index contributed by atoms with van der Waals surface area (Å²) < 4.78 is 119. The Balaban J connectivity index is 0.000000140. The smallest absolute Gasteiger partial charge is 0.354 e. The molecule has 6 aromatic carbocycles. The van der Waals surface area contributed by atoms with Crippen molar-refractivity contribution in [3.8, 4) is 33.4 Å². The first-order chi connectivity index (χ1) is 49.7. The molecular formula is C81H81F9N12O3. The number of nitrogens with zero attached hydrogens (tertiary/aromatic N) is 6. The molecular weight excluding hydrogens is 1360 g/mol. The van der Waals surface area contributed by atoms with E-state index < -0.39 is 35.2 Å². The fourth-order valence-corrected chi connectivity index (χ4v) is 14.9. The molecule has 0 spiro atoms. The lowest BCUT2D eigenvalue weighted by atomic mass is 9.90. The van der Waals surface area contributed by atoms with Crippen LogP contribution in [-0.2, 0) is 90.7 Å². The minimum absolute atomic E-state index is 0.0942. The van der Waals surface area contributed by atoms with Gasteiger partial charge in [0.05, 0.1) is 70.1 Å². The van der Waals surface area contributed by atoms with Crippen molar-refractivity contribution < 1.29 is 53.9 Å². The third-order valence-corrected chi connectivity index (χ3v) is 20.8. The number of hydrogen-bond acceptors (Lipinski definition) is 12. The van der Waals surface area contributed by atoms with E-state index in [0.717, 1.165) is 196 Å². The van der Waals surface area contributed by atoms with Gasteiger partial charge >= 0.3 is 18.5 Å². The molecule has 0 saturated carbocycles. The van der Waals surface area contributed by atoms with Gasteiger partial charge in [-0.2, -0.15) is 39.5 Å². The number of halogens is 9. The number of likely N-dealkylation sites (N-methyl/N-ethyl adjacent to an activating group) is 3. The summed E-state index contributed by atoms with van der Waals surface area (Å²) in [6.45, 7) is 5.92. The number of rotatable bonds is 9. The molecule has 105 heavy (non-hydrogen) atoms. The molecule has 0 fully saturated rings. The number of aryl methyl sites for hydroxylation is 6. The number of nitrogens with one attached hydrogen (secondary N) is 6. The van der Waals surface area contributed by atoms with Crippen LogP contribution in [0, 0.1) is 20.8 Å². The zero-order chi connectivity index (χ0) is 74.7. The largest absolute Gasteiger partial charge is 0.416 e. The van der Waals surface area contributed by atoms with Gasteiger partial charge in [0, 0.05) is 86.0 Å². The minimum Gasteiger partial charge on any atom is -0.354 e. The molecule has 3 aliphatic heterocycles. The zero-order valence-corrected chi connectivity index (χ0v) is 59.7. The van der Waals surface area contributed by atoms with Crippen molar-refractivity contribution in [1.82, 2.24) is 29.7 Å². The lowest BCUT2D eigenvalue weighted by molar-refractivity contribution is -0.138. The van der Waals surface area contributed by atoms with Gasteiger partial charge < -0.3 is 46.6 Å². The maximum absolute atomic E-state index is 13.3. The summed E-state index contributed by atoms with van der Waals surface area (Å²) >= 11 is 0. The number of fused-ring (bicyclic) bond motifs is 12. The summed E-state index contributed by atoms with van der Waals surface area (Å²) in [7, 11) is 12.6. The topological polar surface area (TPSA) is 172 Å². The number of carbonyl (C=O) groups excluding carboxylic acids is 3. The van der Waals surface area contributed by atoms with Gasteiger partial charge in [0.15, 0.2) is 0 Å². The second kappa shape index (κ2) is 29.1. The molecule has 24 heteroatoms. The summed E-state index contributed by atoms with van der Waals surface area (Å²) in [5.41, 5.74) is 19.2. The molecule has 0 bridgehead atoms. The van der Waals surface area contributed by atoms with E-state index in [1.165, 1.54) is 34.9 Å². The van der Waals surface area contributed by atoms with Crippen LogP contribution in [0.4, 0.5) is 90.7 Å². The highest BCUT2D eigenvalue weighted by molar-refractivity contribution is 6.03. The number of hydrogen-bond donors (Lipinski definition) is 6. The van der Waals surface area contributed by atoms with E-state index in [1.807, 2.05) is 75.4 Å². The maximum atomic E-state index is 13.3. The zero-order valence-electron chi connectivity index (χ0n) is 59.7. The lowest BCUT2D eigenvalue weighted by Crippen LogP contribution is -2.34. The molecule has 15 rings (SSSR count). The average molecular weight is 1440 g/mol. The Labute approximate surface area is 603 Å². The lowest BCUT2D eigenvalue weighted by Gasteiger charge is -2.30. The molecule has 546 valence electrons. The summed E-state index contributed by atoms with van der Waals surface area (Å²) in [6.07, 6.45) is -4.22. The number of aromatic nitrogens is 3. The molecule has 6 N–H and O–H groups in total. The summed E-state index contributed by atoms with van der Waals surface area (Å²) in [5.74, 6) is -1.01. The maximum Gasteiger partial charge on any atom is 0.416 e. The fraction of sp³-hybridized carbons (Fsp3) is 0.333. The minimum atomic E-state index is -4.49. The van der Waals surface area contributed by atoms with Crippen LogP contribution >= 0.6 is 0 Å². The number of benzene rings is 6. The quantitative estimate of drug-likeness (QED) is 0.0757. The van der Waals surface area contributed by atoms with Crippen molar-refractivity contribution in [3.63, 3.8) is 0 Å². The van der Waals surface area contributed by atoms with Crippen LogP contribution in [0.3, 0.4) is 0 Å². The number of carbonyl (C=O) groups is 3. The van der Waals surface area contributed by atoms with Gasteiger partial charge in [-0.15, -0.1) is 0 Å². The Morgan fingerprint density at radius 1 is 0.352 bits per heavy atom. The second-order valence-corrected chi connectivity index (χ2v) is 28.7. The van der Waals surface area contributed by atoms with Crippen molar-refractivity contribution in [3.05, 3.63) is 212 Å². The van der Waals surface area contributed by atoms with Crippen LogP contribution in [0.15, 0.2) is 127 Å². The highest BCUT2D eigenvalue weighted by Crippen LogP contribution is 2.45. The first-order valence-corrected chi connectivity index (χ1v) is 35.0. The standard InChI is InChI=1S/3C27H27F3N4O/c3*1-15-24(11-17-10-20(34(2)3)7-9-23(17)31-15)32-19-6-4-16-12-26(35)33-25-13-18(27(28,29)30)5-8-21(25)22(16)14-19/h3*4-6,8,11,13-14,20,32H,7,9-10,12H2,1-3H3,(H,33,35)/t20-;;/m1../s1. The molecule has 6 heterocycles. The van der Waals surface area contributed by atoms with Gasteiger partial charge in [-0.1, -0.05) is 36.4 Å². The van der Waals surface area contributed by atoms with E-state index in [-0.39, 0.29) is 54.0 Å². The normalized spacial score (nSPS) is 17.2. The Hall–Kier alpha value is -10.2. The summed E-state index contributed by atoms with van der Waals surface area (Å²) in [6, 6.07) is 35.3. The van der Waals surface area contributed by atoms with Crippen molar-refractivity contribution in [2.24, 2.45) is 0 Å². The van der Waals surface area contributed by atoms with Crippen LogP contribution < -0.4 is 31.9 Å². The molecule has 15 nitrogen and oxygen atoms in total. The molecule has 9 aromatic rings. The molecule has 3 atom stereocenters. The summed E-state index contributed by atoms with van der Waals surface area (Å²) in [4.78, 5) is 58.4. The Morgan fingerprint density at radius 3 is 0.867 bits per heavy atom. The van der Waals surface area contributed by atoms with Crippen molar-refractivity contribution in [2.45, 2.75) is 134 Å². The SMILES string of the molecule is Cc1nc2c(cc1Nc1ccc3c(c1)-c1ccc(C(F)(F)F)cc1NC(=O)C3)CC(N(C)C)CC2.Cc1nc2c(cc1Nc1ccc3c(c1)-c1ccc(C(F)(F)F)cc1NC(=O)C3)CC(N(C)C)CC2.Cc1nc2c(cc1Nc1ccc3c(c1)-c1ccc(C(F)(F)F)cc1NC(=O)C3)C[C@H](N(C)C)CC2. The van der Waals surface area contributed by atoms with Crippen LogP contribution in [0.5, 0.6) is 0 Å². The molecule has 3 amide bonds. The van der Waals surface area contributed by atoms with Crippen LogP contribution in [0.25, 0.3) is 33.4 Å². The fourth-order valence-electron chi connectivity index (χ4n) is 14.9. The van der Waals surface area contributed by atoms with Gasteiger partial charge in [-0.05, 0) is 262 Å². The van der Waals surface area contributed by atoms with Gasteiger partial charge in [-0.3, -0.25) is 29.3 Å². The highest BCUT2D eigenvalue weighted by Gasteiger charge is 2.36. The predicted molar refractivity (Wildman–Crippen MR) is 393 cm³/mol. The number of pyridine rings is 3. The van der Waals surface area contributed by atoms with E-state index >= 15 is 0 Å². The molecule has 0 saturated heterocycles. The molecule has 2 unspecified atom stereocenters. The second-order valence-electron chi connectivity index (χ2n) is 28.7. The Kier molecular flexibility index (Phi) is 20.2. The molecule has 0 radical (unpaired) electrons. The first kappa shape index (κ1) is 73.2. The summed E-state index contributed by atoms with van der Waals surface area (Å²) in [5, 5.41) is 18.3. The predicted octanol–water partition coefficient (Wildman–Crippen LogP) is 17.2. The van der Waals surface area contributed by atoms with Crippen molar-refractivity contribution >= 4 is 68.9 Å². The number of anilines is 9. The van der Waals surface area contributed by atoms with E-state index in [4.69, 9.17) is 15.0 Å². The third-order valence-electron chi connectivity index (χ3n) is 20.8. The molecule has 3 aromatic heterocycles. The monoisotopic (exact) mass is 1440 g/mol. The van der Waals surface area contributed by atoms with Crippen molar-refractivity contribution in [1.29, 1.82) is 0 Å². The first-order valence-electron chi connectivity index (χ1n) is 35.0. The highest BCUT2D eigenvalue weighted by atomic mass is 19.4. The molecule has 6 aliphatic rings. The Bertz CT molecular complexity index is 4430. The van der Waals surface area contributed by atoms with Gasteiger partial charge in [0.1, 0.15) is 0 Å². The average Bonchev–Trinajstić information content (AvgIpc) is 1.71. The van der Waals surface area contributed by atoms with Crippen LogP contribution in [0.2, 0.25) is 0 Å². The van der Waals surface area contributed by atoms with E-state index in [1.54, 1.807) is 0 Å².